The molecule has 0 aliphatic carbocycles. The summed E-state index contributed by atoms with van der Waals surface area (Å²) in [5.74, 6) is -0.479. The molecule has 7 heteroatoms. The van der Waals surface area contributed by atoms with Gasteiger partial charge in [-0.05, 0) is 30.8 Å². The molecule has 0 aliphatic heterocycles. The fourth-order valence-electron chi connectivity index (χ4n) is 1.21. The maximum absolute atomic E-state index is 11.4. The van der Waals surface area contributed by atoms with Crippen LogP contribution in [0.1, 0.15) is 16.2 Å². The van der Waals surface area contributed by atoms with Gasteiger partial charge in [0.1, 0.15) is 10.7 Å². The summed E-state index contributed by atoms with van der Waals surface area (Å²) in [6.45, 7) is 1.92. The summed E-state index contributed by atoms with van der Waals surface area (Å²) in [5, 5.41) is 2.51. The van der Waals surface area contributed by atoms with Crippen LogP contribution in [0, 0.1) is 6.92 Å². The summed E-state index contributed by atoms with van der Waals surface area (Å²) in [6.07, 6.45) is 0. The maximum atomic E-state index is 11.4. The van der Waals surface area contributed by atoms with Gasteiger partial charge >= 0.3 is 5.97 Å². The Kier molecular flexibility index (Phi) is 3.83. The van der Waals surface area contributed by atoms with Crippen LogP contribution in [0.2, 0.25) is 0 Å². The lowest BCUT2D eigenvalue weighted by Crippen LogP contribution is -2.05. The van der Waals surface area contributed by atoms with Gasteiger partial charge in [-0.1, -0.05) is 0 Å². The van der Waals surface area contributed by atoms with E-state index in [1.165, 1.54) is 30.2 Å². The molecule has 0 amide bonds. The molecule has 2 rings (SSSR count). The second kappa shape index (κ2) is 5.36. The fraction of sp³-hybridized carbons (Fsp3) is 0.182. The zero-order valence-corrected chi connectivity index (χ0v) is 11.5. The van der Waals surface area contributed by atoms with Crippen molar-refractivity contribution in [2.75, 3.05) is 12.8 Å². The van der Waals surface area contributed by atoms with E-state index < -0.39 is 5.97 Å². The number of hydrogen-bond acceptors (Lipinski definition) is 7. The lowest BCUT2D eigenvalue weighted by atomic mass is 10.3. The van der Waals surface area contributed by atoms with E-state index in [1.54, 1.807) is 12.1 Å². The molecule has 2 aromatic rings. The van der Waals surface area contributed by atoms with Crippen LogP contribution in [-0.4, -0.2) is 23.0 Å². The van der Waals surface area contributed by atoms with E-state index in [1.807, 2.05) is 12.3 Å². The number of anilines is 1. The molecule has 0 radical (unpaired) electrons. The van der Waals surface area contributed by atoms with Crippen molar-refractivity contribution in [1.82, 2.24) is 9.97 Å². The summed E-state index contributed by atoms with van der Waals surface area (Å²) in [4.78, 5) is 19.9. The van der Waals surface area contributed by atoms with Gasteiger partial charge in [0.25, 0.3) is 0 Å². The number of nitrogens with two attached hydrogens (primary N) is 1. The van der Waals surface area contributed by atoms with Crippen LogP contribution >= 0.6 is 23.1 Å². The number of methoxy groups -OCH3 is 1. The first-order chi connectivity index (χ1) is 8.60. The number of hydrogen-bond donors (Lipinski definition) is 1. The van der Waals surface area contributed by atoms with Crippen LogP contribution in [0.3, 0.4) is 0 Å². The second-order valence-corrected chi connectivity index (χ2v) is 5.53. The van der Waals surface area contributed by atoms with Gasteiger partial charge in [0.2, 0.25) is 0 Å². The molecule has 2 aromatic heterocycles. The van der Waals surface area contributed by atoms with Crippen molar-refractivity contribution in [3.8, 4) is 0 Å². The summed E-state index contributed by atoms with van der Waals surface area (Å²) < 4.78 is 5.46. The number of nitrogens with zero attached hydrogens (tertiary/aromatic N) is 2. The van der Waals surface area contributed by atoms with Crippen LogP contribution in [0.25, 0.3) is 0 Å². The SMILES string of the molecule is COC(=O)c1ccc(N)c(Sc2nc(C)cs2)n1. The van der Waals surface area contributed by atoms with Crippen molar-refractivity contribution >= 4 is 34.8 Å². The quantitative estimate of drug-likeness (QED) is 0.870. The number of aryl methyl sites for hydroxylation is 1. The molecule has 18 heavy (non-hydrogen) atoms. The minimum Gasteiger partial charge on any atom is -0.464 e. The lowest BCUT2D eigenvalue weighted by molar-refractivity contribution is 0.0593. The van der Waals surface area contributed by atoms with Crippen LogP contribution in [-0.2, 0) is 4.74 Å². The van der Waals surface area contributed by atoms with Gasteiger partial charge in [0, 0.05) is 11.1 Å². The summed E-state index contributed by atoms with van der Waals surface area (Å²) in [5.41, 5.74) is 7.53. The first-order valence-corrected chi connectivity index (χ1v) is 6.74. The average Bonchev–Trinajstić information content (AvgIpc) is 2.76. The Balaban J connectivity index is 2.29. The Hall–Kier alpha value is -1.60. The summed E-state index contributed by atoms with van der Waals surface area (Å²) in [6, 6.07) is 3.18. The van der Waals surface area contributed by atoms with Gasteiger partial charge in [-0.25, -0.2) is 14.8 Å². The van der Waals surface area contributed by atoms with Crippen molar-refractivity contribution < 1.29 is 9.53 Å². The predicted molar refractivity (Wildman–Crippen MR) is 71.0 cm³/mol. The smallest absolute Gasteiger partial charge is 0.356 e. The fourth-order valence-corrected chi connectivity index (χ4v) is 2.99. The Morgan fingerprint density at radius 3 is 2.83 bits per heavy atom. The van der Waals surface area contributed by atoms with E-state index in [0.29, 0.717) is 10.7 Å². The monoisotopic (exact) mass is 281 g/mol. The van der Waals surface area contributed by atoms with Gasteiger partial charge in [-0.15, -0.1) is 11.3 Å². The summed E-state index contributed by atoms with van der Waals surface area (Å²) in [7, 11) is 1.32. The number of esters is 1. The molecule has 94 valence electrons. The molecule has 0 fully saturated rings. The van der Waals surface area contributed by atoms with Crippen LogP contribution < -0.4 is 5.73 Å². The number of carbonyl (C=O) groups excluding carboxylic acids is 1. The van der Waals surface area contributed by atoms with Crippen molar-refractivity contribution in [3.05, 3.63) is 28.9 Å². The van der Waals surface area contributed by atoms with Gasteiger partial charge in [0.15, 0.2) is 4.34 Å². The minimum atomic E-state index is -0.479. The highest BCUT2D eigenvalue weighted by Crippen LogP contribution is 2.32. The van der Waals surface area contributed by atoms with E-state index in [4.69, 9.17) is 5.73 Å². The van der Waals surface area contributed by atoms with Crippen LogP contribution in [0.15, 0.2) is 26.9 Å². The molecule has 0 spiro atoms. The van der Waals surface area contributed by atoms with E-state index in [2.05, 4.69) is 14.7 Å². The minimum absolute atomic E-state index is 0.238. The third kappa shape index (κ3) is 2.80. The number of thiazole rings is 1. The van der Waals surface area contributed by atoms with Crippen LogP contribution in [0.5, 0.6) is 0 Å². The molecule has 0 aromatic carbocycles. The van der Waals surface area contributed by atoms with Gasteiger partial charge < -0.3 is 10.5 Å². The molecular weight excluding hydrogens is 270 g/mol. The standard InChI is InChI=1S/C11H11N3O2S2/c1-6-5-17-11(13-6)18-9-7(12)3-4-8(14-9)10(15)16-2/h3-5H,12H2,1-2H3. The van der Waals surface area contributed by atoms with Crippen molar-refractivity contribution in [1.29, 1.82) is 0 Å². The number of nitrogen functional groups attached to an aromatic ring is 1. The Bertz CT molecular complexity index is 583. The average molecular weight is 281 g/mol. The summed E-state index contributed by atoms with van der Waals surface area (Å²) >= 11 is 2.85. The third-order valence-electron chi connectivity index (χ3n) is 2.07. The molecule has 0 unspecified atom stereocenters. The molecular formula is C11H11N3O2S2. The molecule has 2 N–H and O–H groups in total. The highest BCUT2D eigenvalue weighted by Gasteiger charge is 2.12. The number of carbonyl (C=O) groups is 1. The Labute approximate surface area is 112 Å². The van der Waals surface area contributed by atoms with Gasteiger partial charge in [-0.3, -0.25) is 0 Å². The van der Waals surface area contributed by atoms with Crippen molar-refractivity contribution in [2.45, 2.75) is 16.3 Å². The number of ether oxygens (including phenoxy) is 1. The van der Waals surface area contributed by atoms with E-state index >= 15 is 0 Å². The Morgan fingerprint density at radius 2 is 2.22 bits per heavy atom. The largest absolute Gasteiger partial charge is 0.464 e. The zero-order chi connectivity index (χ0) is 13.1. The number of pyridine rings is 1. The van der Waals surface area contributed by atoms with Crippen molar-refractivity contribution in [2.24, 2.45) is 0 Å². The molecule has 0 bridgehead atoms. The molecule has 0 saturated carbocycles. The predicted octanol–water partition coefficient (Wildman–Crippen LogP) is 2.37. The molecule has 5 nitrogen and oxygen atoms in total. The third-order valence-corrected chi connectivity index (χ3v) is 4.14. The lowest BCUT2D eigenvalue weighted by Gasteiger charge is -2.04. The normalized spacial score (nSPS) is 10.3. The number of aromatic nitrogens is 2. The molecule has 0 atom stereocenters. The highest BCUT2D eigenvalue weighted by molar-refractivity contribution is 8.01. The van der Waals surface area contributed by atoms with E-state index in [-0.39, 0.29) is 5.69 Å². The first-order valence-electron chi connectivity index (χ1n) is 5.05. The first kappa shape index (κ1) is 12.8. The van der Waals surface area contributed by atoms with Crippen LogP contribution in [0.4, 0.5) is 5.69 Å². The highest BCUT2D eigenvalue weighted by atomic mass is 32.2. The molecule has 0 aliphatic rings. The number of rotatable bonds is 3. The van der Waals surface area contributed by atoms with Crippen molar-refractivity contribution in [3.63, 3.8) is 0 Å². The zero-order valence-electron chi connectivity index (χ0n) is 9.84. The second-order valence-electron chi connectivity index (χ2n) is 3.44. The van der Waals surface area contributed by atoms with Gasteiger partial charge in [0.05, 0.1) is 12.8 Å². The van der Waals surface area contributed by atoms with E-state index in [0.717, 1.165) is 10.0 Å². The molecule has 0 saturated heterocycles. The Morgan fingerprint density at radius 1 is 1.44 bits per heavy atom. The molecule has 2 heterocycles. The van der Waals surface area contributed by atoms with Gasteiger partial charge in [-0.2, -0.15) is 0 Å². The van der Waals surface area contributed by atoms with E-state index in [9.17, 15) is 4.79 Å². The topological polar surface area (TPSA) is 78.1 Å². The maximum Gasteiger partial charge on any atom is 0.356 e.